The van der Waals surface area contributed by atoms with E-state index in [9.17, 15) is 9.90 Å². The van der Waals surface area contributed by atoms with E-state index in [1.807, 2.05) is 54.6 Å². The Morgan fingerprint density at radius 2 is 1.75 bits per heavy atom. The van der Waals surface area contributed by atoms with Gasteiger partial charge in [-0.3, -0.25) is 0 Å². The summed E-state index contributed by atoms with van der Waals surface area (Å²) in [5.74, 6) is -0.860. The molecule has 0 fully saturated rings. The number of rotatable bonds is 4. The summed E-state index contributed by atoms with van der Waals surface area (Å²) in [5.41, 5.74) is 1.17. The largest absolute Gasteiger partial charge is 0.476 e. The van der Waals surface area contributed by atoms with Gasteiger partial charge in [0.2, 0.25) is 5.82 Å². The maximum atomic E-state index is 11.6. The Bertz CT molecular complexity index is 944. The van der Waals surface area contributed by atoms with E-state index in [1.165, 1.54) is 0 Å². The summed E-state index contributed by atoms with van der Waals surface area (Å²) < 4.78 is 0. The second-order valence-corrected chi connectivity index (χ2v) is 5.10. The van der Waals surface area contributed by atoms with Crippen molar-refractivity contribution in [2.45, 2.75) is 6.92 Å². The monoisotopic (exact) mass is 318 g/mol. The van der Waals surface area contributed by atoms with Crippen LogP contribution in [0.15, 0.2) is 76.7 Å². The molecule has 0 aliphatic carbocycles. The Labute approximate surface area is 138 Å². The highest BCUT2D eigenvalue weighted by molar-refractivity contribution is 5.95. The van der Waals surface area contributed by atoms with Crippen LogP contribution in [0.5, 0.6) is 0 Å². The molecule has 0 atom stereocenters. The fourth-order valence-corrected chi connectivity index (χ4v) is 2.29. The molecule has 3 aromatic rings. The lowest BCUT2D eigenvalue weighted by molar-refractivity contribution is -0.132. The number of carbonyl (C=O) groups is 1. The van der Waals surface area contributed by atoms with Gasteiger partial charge in [0.05, 0.1) is 6.20 Å². The topological polar surface area (TPSA) is 87.8 Å². The zero-order valence-corrected chi connectivity index (χ0v) is 12.9. The summed E-state index contributed by atoms with van der Waals surface area (Å²) in [6.45, 7) is 1.70. The van der Waals surface area contributed by atoms with Crippen LogP contribution in [0.2, 0.25) is 0 Å². The Morgan fingerprint density at radius 3 is 2.50 bits per heavy atom. The molecule has 0 spiro atoms. The van der Waals surface area contributed by atoms with Crippen molar-refractivity contribution >= 4 is 28.1 Å². The summed E-state index contributed by atoms with van der Waals surface area (Å²) in [5, 5.41) is 26.8. The maximum Gasteiger partial charge on any atom is 0.356 e. The molecule has 2 aromatic carbocycles. The Balaban J connectivity index is 2.05. The minimum atomic E-state index is -1.15. The zero-order valence-electron chi connectivity index (χ0n) is 12.9. The van der Waals surface area contributed by atoms with Crippen molar-refractivity contribution in [2.75, 3.05) is 0 Å². The van der Waals surface area contributed by atoms with Crippen LogP contribution in [0.1, 0.15) is 12.5 Å². The lowest BCUT2D eigenvalue weighted by Crippen LogP contribution is -2.00. The van der Waals surface area contributed by atoms with Gasteiger partial charge in [0.1, 0.15) is 0 Å². The van der Waals surface area contributed by atoms with E-state index >= 15 is 0 Å². The number of hydrogen-bond acceptors (Lipinski definition) is 5. The average molecular weight is 318 g/mol. The Morgan fingerprint density at radius 1 is 1.04 bits per heavy atom. The van der Waals surface area contributed by atoms with Crippen molar-refractivity contribution in [1.29, 1.82) is 0 Å². The molecule has 0 saturated carbocycles. The van der Waals surface area contributed by atoms with Crippen LogP contribution in [0.3, 0.4) is 0 Å². The van der Waals surface area contributed by atoms with Crippen LogP contribution in [0.25, 0.3) is 16.3 Å². The number of carboxylic acid groups (broad SMARTS) is 1. The molecule has 0 amide bonds. The van der Waals surface area contributed by atoms with E-state index in [0.29, 0.717) is 5.57 Å². The minimum Gasteiger partial charge on any atom is -0.476 e. The molecule has 0 radical (unpaired) electrons. The highest BCUT2D eigenvalue weighted by Crippen LogP contribution is 2.25. The van der Waals surface area contributed by atoms with Gasteiger partial charge in [-0.1, -0.05) is 54.6 Å². The van der Waals surface area contributed by atoms with E-state index in [-0.39, 0.29) is 11.5 Å². The summed E-state index contributed by atoms with van der Waals surface area (Å²) in [7, 11) is 0. The first kappa shape index (κ1) is 15.5. The lowest BCUT2D eigenvalue weighted by atomic mass is 10.1. The number of benzene rings is 2. The number of carboxylic acids is 1. The van der Waals surface area contributed by atoms with Gasteiger partial charge in [-0.25, -0.2) is 4.79 Å². The minimum absolute atomic E-state index is 0.129. The molecule has 6 nitrogen and oxygen atoms in total. The van der Waals surface area contributed by atoms with Crippen LogP contribution in [0.4, 0.5) is 5.82 Å². The van der Waals surface area contributed by atoms with Crippen molar-refractivity contribution in [3.63, 3.8) is 0 Å². The molecule has 0 aliphatic rings. The van der Waals surface area contributed by atoms with Gasteiger partial charge >= 0.3 is 5.97 Å². The molecule has 118 valence electrons. The molecule has 1 heterocycles. The fraction of sp³-hybridized carbons (Fsp3) is 0.0556. The average Bonchev–Trinajstić information content (AvgIpc) is 2.62. The SMILES string of the molecule is CC(=C(N=Nc1nncc2ccccc12)C(=O)O)c1ccccc1. The standard InChI is InChI=1S/C18H14N4O2/c1-12(13-7-3-2-4-8-13)16(18(23)24)20-22-17-15-10-6-5-9-14(15)11-19-21-17/h2-11H,1H3,(H,23,24). The van der Waals surface area contributed by atoms with Crippen molar-refractivity contribution < 1.29 is 9.90 Å². The number of aromatic nitrogens is 2. The molecule has 1 N–H and O–H groups in total. The third-order valence-electron chi connectivity index (χ3n) is 3.56. The smallest absolute Gasteiger partial charge is 0.356 e. The quantitative estimate of drug-likeness (QED) is 0.576. The molecule has 1 aromatic heterocycles. The second-order valence-electron chi connectivity index (χ2n) is 5.10. The Kier molecular flexibility index (Phi) is 4.38. The Hall–Kier alpha value is -3.41. The first-order chi connectivity index (χ1) is 11.7. The van der Waals surface area contributed by atoms with Gasteiger partial charge in [0.25, 0.3) is 0 Å². The van der Waals surface area contributed by atoms with Gasteiger partial charge in [-0.2, -0.15) is 5.10 Å². The molecule has 6 heteroatoms. The zero-order chi connectivity index (χ0) is 16.9. The predicted molar refractivity (Wildman–Crippen MR) is 90.7 cm³/mol. The molecular weight excluding hydrogens is 304 g/mol. The van der Waals surface area contributed by atoms with Crippen LogP contribution in [0, 0.1) is 0 Å². The number of allylic oxidation sites excluding steroid dienone is 1. The first-order valence-electron chi connectivity index (χ1n) is 7.28. The third kappa shape index (κ3) is 3.17. The highest BCUT2D eigenvalue weighted by Gasteiger charge is 2.13. The third-order valence-corrected chi connectivity index (χ3v) is 3.56. The molecule has 0 saturated heterocycles. The van der Waals surface area contributed by atoms with Gasteiger partial charge in [0.15, 0.2) is 5.70 Å². The van der Waals surface area contributed by atoms with Gasteiger partial charge in [-0.05, 0) is 18.1 Å². The molecule has 24 heavy (non-hydrogen) atoms. The predicted octanol–water partition coefficient (Wildman–Crippen LogP) is 4.23. The molecule has 3 rings (SSSR count). The molecule has 0 bridgehead atoms. The van der Waals surface area contributed by atoms with Gasteiger partial charge in [-0.15, -0.1) is 15.3 Å². The molecule has 0 unspecified atom stereocenters. The van der Waals surface area contributed by atoms with Crippen LogP contribution >= 0.6 is 0 Å². The van der Waals surface area contributed by atoms with Crippen molar-refractivity contribution in [3.8, 4) is 0 Å². The maximum absolute atomic E-state index is 11.6. The number of hydrogen-bond donors (Lipinski definition) is 1. The van der Waals surface area contributed by atoms with Gasteiger partial charge < -0.3 is 5.11 Å². The van der Waals surface area contributed by atoms with E-state index in [4.69, 9.17) is 0 Å². The molecule has 0 aliphatic heterocycles. The van der Waals surface area contributed by atoms with Crippen LogP contribution in [-0.2, 0) is 4.79 Å². The summed E-state index contributed by atoms with van der Waals surface area (Å²) in [6, 6.07) is 16.6. The fourth-order valence-electron chi connectivity index (χ4n) is 2.29. The van der Waals surface area contributed by atoms with Crippen molar-refractivity contribution in [1.82, 2.24) is 10.2 Å². The van der Waals surface area contributed by atoms with Crippen LogP contribution < -0.4 is 0 Å². The van der Waals surface area contributed by atoms with E-state index in [2.05, 4.69) is 20.4 Å². The van der Waals surface area contributed by atoms with E-state index in [0.717, 1.165) is 16.3 Å². The summed E-state index contributed by atoms with van der Waals surface area (Å²) in [6.07, 6.45) is 1.62. The van der Waals surface area contributed by atoms with Crippen LogP contribution in [-0.4, -0.2) is 21.3 Å². The number of azo groups is 1. The van der Waals surface area contributed by atoms with E-state index in [1.54, 1.807) is 13.1 Å². The first-order valence-corrected chi connectivity index (χ1v) is 7.28. The van der Waals surface area contributed by atoms with E-state index < -0.39 is 5.97 Å². The van der Waals surface area contributed by atoms with Crippen molar-refractivity contribution in [2.24, 2.45) is 10.2 Å². The number of fused-ring (bicyclic) bond motifs is 1. The normalized spacial score (nSPS) is 12.4. The van der Waals surface area contributed by atoms with Crippen molar-refractivity contribution in [3.05, 3.63) is 72.1 Å². The number of aliphatic carboxylic acids is 1. The second kappa shape index (κ2) is 6.78. The lowest BCUT2D eigenvalue weighted by Gasteiger charge is -2.04. The highest BCUT2D eigenvalue weighted by atomic mass is 16.4. The summed E-state index contributed by atoms with van der Waals surface area (Å²) in [4.78, 5) is 11.6. The van der Waals surface area contributed by atoms with Gasteiger partial charge in [0, 0.05) is 10.8 Å². The molecular formula is C18H14N4O2. The summed E-state index contributed by atoms with van der Waals surface area (Å²) >= 11 is 0. The number of nitrogens with zero attached hydrogens (tertiary/aromatic N) is 4.